The first-order valence-electron chi connectivity index (χ1n) is 22.9. The third-order valence-corrected chi connectivity index (χ3v) is 14.2. The molecule has 0 N–H and O–H groups in total. The van der Waals surface area contributed by atoms with E-state index in [1.807, 2.05) is 60.7 Å². The molecule has 0 saturated carbocycles. The number of para-hydroxylation sites is 2. The number of benzene rings is 8. The molecule has 2 unspecified atom stereocenters. The van der Waals surface area contributed by atoms with Crippen LogP contribution in [0.15, 0.2) is 199 Å². The van der Waals surface area contributed by atoms with Crippen LogP contribution in [0, 0.1) is 5.92 Å². The average molecular weight is 849 g/mol. The van der Waals surface area contributed by atoms with Crippen molar-refractivity contribution in [3.8, 4) is 62.1 Å². The van der Waals surface area contributed by atoms with E-state index >= 15 is 0 Å². The molecule has 0 spiro atoms. The summed E-state index contributed by atoms with van der Waals surface area (Å²) < 4.78 is 9.50. The van der Waals surface area contributed by atoms with Crippen molar-refractivity contribution in [1.29, 1.82) is 0 Å². The van der Waals surface area contributed by atoms with Gasteiger partial charge in [0.25, 0.3) is 0 Å². The molecular formula is C61H44N4O. The lowest BCUT2D eigenvalue weighted by Gasteiger charge is -2.24. The van der Waals surface area contributed by atoms with E-state index in [1.165, 1.54) is 60.8 Å². The highest BCUT2D eigenvalue weighted by Crippen LogP contribution is 2.51. The normalized spacial score (nSPS) is 15.9. The van der Waals surface area contributed by atoms with Crippen molar-refractivity contribution >= 4 is 38.9 Å². The van der Waals surface area contributed by atoms with Crippen molar-refractivity contribution in [2.45, 2.75) is 32.1 Å². The van der Waals surface area contributed by atoms with Gasteiger partial charge in [0.15, 0.2) is 17.5 Å². The van der Waals surface area contributed by atoms with Crippen LogP contribution >= 0.6 is 0 Å². The lowest BCUT2D eigenvalue weighted by molar-refractivity contribution is 0.469. The van der Waals surface area contributed by atoms with Crippen LogP contribution in [-0.2, 0) is 5.41 Å². The maximum absolute atomic E-state index is 7.06. The van der Waals surface area contributed by atoms with Crippen LogP contribution in [0.5, 0.6) is 0 Å². The Morgan fingerprint density at radius 2 is 1.11 bits per heavy atom. The molecule has 0 amide bonds. The highest BCUT2D eigenvalue weighted by molar-refractivity contribution is 6.12. The van der Waals surface area contributed by atoms with Crippen molar-refractivity contribution in [3.05, 3.63) is 222 Å². The van der Waals surface area contributed by atoms with Gasteiger partial charge in [-0.05, 0) is 87.3 Å². The fourth-order valence-corrected chi connectivity index (χ4v) is 10.8. The summed E-state index contributed by atoms with van der Waals surface area (Å²) >= 11 is 0. The molecule has 0 bridgehead atoms. The molecular weight excluding hydrogens is 805 g/mol. The Hall–Kier alpha value is -8.15. The third-order valence-electron chi connectivity index (χ3n) is 14.2. The van der Waals surface area contributed by atoms with E-state index in [2.05, 4.69) is 165 Å². The molecule has 11 aromatic rings. The van der Waals surface area contributed by atoms with Gasteiger partial charge in [-0.2, -0.15) is 0 Å². The molecule has 2 atom stereocenters. The third kappa shape index (κ3) is 5.89. The van der Waals surface area contributed by atoms with E-state index in [9.17, 15) is 0 Å². The molecule has 314 valence electrons. The van der Waals surface area contributed by atoms with E-state index in [1.54, 1.807) is 0 Å². The SMILES string of the molecule is CC1C=Cc2c(oc3c(-c4nc(-c5ccccc5)nc(-c5ccccc5)n4)cccc23)C1c1ccc(-c2ccc3c(c2)c2cc4c(cc2n3-c2ccccc2)C(C)(C)c2ccccc2-4)cc1. The fourth-order valence-electron chi connectivity index (χ4n) is 10.8. The zero-order valence-corrected chi connectivity index (χ0v) is 36.9. The summed E-state index contributed by atoms with van der Waals surface area (Å²) in [5.74, 6) is 3.04. The Morgan fingerprint density at radius 1 is 0.485 bits per heavy atom. The molecule has 5 heteroatoms. The Morgan fingerprint density at radius 3 is 1.83 bits per heavy atom. The maximum Gasteiger partial charge on any atom is 0.167 e. The van der Waals surface area contributed by atoms with E-state index < -0.39 is 0 Å². The summed E-state index contributed by atoms with van der Waals surface area (Å²) in [6, 6.07) is 67.2. The van der Waals surface area contributed by atoms with Gasteiger partial charge in [0.2, 0.25) is 0 Å². The molecule has 0 radical (unpaired) electrons. The molecule has 3 heterocycles. The number of aromatic nitrogens is 4. The van der Waals surface area contributed by atoms with Gasteiger partial charge in [-0.3, -0.25) is 0 Å². The predicted molar refractivity (Wildman–Crippen MR) is 270 cm³/mol. The minimum Gasteiger partial charge on any atom is -0.459 e. The molecule has 0 saturated heterocycles. The molecule has 8 aromatic carbocycles. The van der Waals surface area contributed by atoms with Gasteiger partial charge in [0, 0.05) is 49.9 Å². The first-order valence-corrected chi connectivity index (χ1v) is 22.9. The first kappa shape index (κ1) is 38.3. The second-order valence-electron chi connectivity index (χ2n) is 18.4. The monoisotopic (exact) mass is 848 g/mol. The topological polar surface area (TPSA) is 56.7 Å². The zero-order valence-electron chi connectivity index (χ0n) is 36.9. The van der Waals surface area contributed by atoms with Crippen molar-refractivity contribution in [3.63, 3.8) is 0 Å². The van der Waals surface area contributed by atoms with Crippen molar-refractivity contribution in [2.24, 2.45) is 5.92 Å². The van der Waals surface area contributed by atoms with E-state index in [-0.39, 0.29) is 17.3 Å². The second-order valence-corrected chi connectivity index (χ2v) is 18.4. The van der Waals surface area contributed by atoms with Gasteiger partial charge in [-0.25, -0.2) is 15.0 Å². The largest absolute Gasteiger partial charge is 0.459 e. The van der Waals surface area contributed by atoms with Crippen LogP contribution in [0.4, 0.5) is 0 Å². The Labute approximate surface area is 383 Å². The van der Waals surface area contributed by atoms with E-state index in [0.29, 0.717) is 17.5 Å². The van der Waals surface area contributed by atoms with Gasteiger partial charge in [-0.1, -0.05) is 179 Å². The summed E-state index contributed by atoms with van der Waals surface area (Å²) in [6.45, 7) is 7.00. The van der Waals surface area contributed by atoms with Crippen LogP contribution in [0.3, 0.4) is 0 Å². The highest BCUT2D eigenvalue weighted by atomic mass is 16.3. The van der Waals surface area contributed by atoms with Gasteiger partial charge in [-0.15, -0.1) is 0 Å². The predicted octanol–water partition coefficient (Wildman–Crippen LogP) is 15.5. The van der Waals surface area contributed by atoms with Crippen molar-refractivity contribution in [1.82, 2.24) is 19.5 Å². The van der Waals surface area contributed by atoms with E-state index in [0.717, 1.165) is 44.7 Å². The summed E-state index contributed by atoms with van der Waals surface area (Å²) in [5.41, 5.74) is 17.1. The van der Waals surface area contributed by atoms with Crippen LogP contribution in [0.1, 0.15) is 54.7 Å². The van der Waals surface area contributed by atoms with E-state index in [4.69, 9.17) is 19.4 Å². The molecule has 0 aliphatic heterocycles. The van der Waals surface area contributed by atoms with Crippen LogP contribution in [-0.4, -0.2) is 19.5 Å². The minimum absolute atomic E-state index is 0.0259. The quantitative estimate of drug-likeness (QED) is 0.167. The van der Waals surface area contributed by atoms with Crippen LogP contribution in [0.2, 0.25) is 0 Å². The Kier molecular flexibility index (Phi) is 8.53. The second kappa shape index (κ2) is 14.7. The molecule has 13 rings (SSSR count). The molecule has 66 heavy (non-hydrogen) atoms. The summed E-state index contributed by atoms with van der Waals surface area (Å²) in [6.07, 6.45) is 4.55. The van der Waals surface area contributed by atoms with Crippen LogP contribution < -0.4 is 0 Å². The minimum atomic E-state index is -0.0880. The average Bonchev–Trinajstić information content (AvgIpc) is 3.98. The van der Waals surface area contributed by atoms with Gasteiger partial charge >= 0.3 is 0 Å². The molecule has 0 fully saturated rings. The lowest BCUT2D eigenvalue weighted by Crippen LogP contribution is -2.14. The van der Waals surface area contributed by atoms with Gasteiger partial charge in [0.1, 0.15) is 11.3 Å². The Balaban J connectivity index is 0.902. The number of allylic oxidation sites excluding steroid dienone is 1. The zero-order chi connectivity index (χ0) is 44.1. The number of rotatable bonds is 6. The standard InChI is InChI=1S/C61H44N4O/c1-37-26-32-46-45-23-15-24-47(60-63-58(40-16-7-4-8-17-40)62-59(64-60)41-18-9-5-10-19-41)56(45)66-57(46)55(37)39-29-27-38(28-30-39)42-31-33-53-49(34-42)50-35-48-44-22-13-14-25-51(44)61(2,3)52(48)36-54(50)65(53)43-20-11-6-12-21-43/h4-37,55H,1-3H3. The first-order chi connectivity index (χ1) is 32.4. The molecule has 2 aliphatic carbocycles. The maximum atomic E-state index is 7.06. The molecule has 2 aliphatic rings. The number of hydrogen-bond donors (Lipinski definition) is 0. The number of nitrogens with zero attached hydrogens (tertiary/aromatic N) is 4. The smallest absolute Gasteiger partial charge is 0.167 e. The number of fused-ring (bicyclic) bond motifs is 9. The fraction of sp³-hybridized carbons (Fsp3) is 0.0984. The summed E-state index contributed by atoms with van der Waals surface area (Å²) in [7, 11) is 0. The lowest BCUT2D eigenvalue weighted by atomic mass is 9.79. The van der Waals surface area contributed by atoms with Crippen molar-refractivity contribution < 1.29 is 4.42 Å². The number of furan rings is 1. The highest BCUT2D eigenvalue weighted by Gasteiger charge is 2.36. The summed E-state index contributed by atoms with van der Waals surface area (Å²) in [4.78, 5) is 15.1. The van der Waals surface area contributed by atoms with Crippen molar-refractivity contribution in [2.75, 3.05) is 0 Å². The molecule has 3 aromatic heterocycles. The Bertz CT molecular complexity index is 3670. The van der Waals surface area contributed by atoms with Gasteiger partial charge < -0.3 is 8.98 Å². The van der Waals surface area contributed by atoms with Gasteiger partial charge in [0.05, 0.1) is 16.6 Å². The molecule has 5 nitrogen and oxygen atoms in total. The summed E-state index contributed by atoms with van der Waals surface area (Å²) in [5, 5.41) is 3.57. The number of hydrogen-bond acceptors (Lipinski definition) is 4. The van der Waals surface area contributed by atoms with Crippen LogP contribution in [0.25, 0.3) is 101 Å².